The van der Waals surface area contributed by atoms with Crippen LogP contribution in [-0.2, 0) is 32.7 Å². The molecule has 9 nitrogen and oxygen atoms in total. The van der Waals surface area contributed by atoms with E-state index in [0.29, 0.717) is 17.4 Å². The van der Waals surface area contributed by atoms with Crippen LogP contribution in [0.5, 0.6) is 0 Å². The summed E-state index contributed by atoms with van der Waals surface area (Å²) >= 11 is 0. The summed E-state index contributed by atoms with van der Waals surface area (Å²) in [6.07, 6.45) is 98.5. The molecule has 0 saturated heterocycles. The predicted octanol–water partition coefficient (Wildman–Crippen LogP) is 23.6. The zero-order valence-corrected chi connectivity index (χ0v) is 58.3. The van der Waals surface area contributed by atoms with Gasteiger partial charge in [-0.05, 0) is 109 Å². The quantitative estimate of drug-likeness (QED) is 0.0211. The summed E-state index contributed by atoms with van der Waals surface area (Å²) in [5, 5.41) is 0. The van der Waals surface area contributed by atoms with Gasteiger partial charge >= 0.3 is 19.8 Å². The van der Waals surface area contributed by atoms with Gasteiger partial charge in [-0.2, -0.15) is 0 Å². The number of phosphoric ester groups is 1. The van der Waals surface area contributed by atoms with Gasteiger partial charge in [-0.3, -0.25) is 18.6 Å². The standard InChI is InChI=1S/C78H134NO8P/c1-6-8-10-12-14-16-18-20-22-24-26-28-30-32-34-35-36-37-38-39-40-41-42-43-45-46-48-50-52-54-56-58-60-62-64-66-68-70-77(80)84-74-76(75-86-88(82,83)85-73-72-79(3,4)5)87-78(81)71-69-67-65-63-61-59-57-55-53-51-49-47-44-33-31-29-27-25-23-21-19-17-15-13-11-9-7-2/h8-11,14-17,20-23,26-29,32-34,44,49,51,76H,6-7,12-13,18-19,24-25,30-31,35-43,45-48,50,52-75H2,1-5H3/p+1/b10-8-,11-9-,16-14-,17-15-,22-20-,23-21-,28-26-,29-27-,34-32-,44-33-,51-49-. The summed E-state index contributed by atoms with van der Waals surface area (Å²) in [5.74, 6) is -0.804. The van der Waals surface area contributed by atoms with Gasteiger partial charge < -0.3 is 18.9 Å². The molecule has 88 heavy (non-hydrogen) atoms. The van der Waals surface area contributed by atoms with E-state index in [4.69, 9.17) is 18.5 Å². The number of hydrogen-bond donors (Lipinski definition) is 1. The molecule has 0 rings (SSSR count). The van der Waals surface area contributed by atoms with Crippen molar-refractivity contribution in [2.24, 2.45) is 0 Å². The molecule has 0 aliphatic rings. The smallest absolute Gasteiger partial charge is 0.462 e. The van der Waals surface area contributed by atoms with Crippen molar-refractivity contribution >= 4 is 19.8 Å². The number of likely N-dealkylation sites (N-methyl/N-ethyl adjacent to an activating group) is 1. The fourth-order valence-corrected chi connectivity index (χ4v) is 10.5. The summed E-state index contributed by atoms with van der Waals surface area (Å²) in [4.78, 5) is 35.9. The molecule has 0 aliphatic carbocycles. The van der Waals surface area contributed by atoms with E-state index in [2.05, 4.69) is 148 Å². The van der Waals surface area contributed by atoms with E-state index in [1.54, 1.807) is 0 Å². The summed E-state index contributed by atoms with van der Waals surface area (Å²) in [7, 11) is 1.47. The van der Waals surface area contributed by atoms with Crippen LogP contribution in [0.2, 0.25) is 0 Å². The van der Waals surface area contributed by atoms with E-state index < -0.39 is 26.5 Å². The maximum atomic E-state index is 12.9. The van der Waals surface area contributed by atoms with Crippen LogP contribution >= 0.6 is 7.82 Å². The number of quaternary nitrogens is 1. The fraction of sp³-hybridized carbons (Fsp3) is 0.692. The first-order chi connectivity index (χ1) is 43.0. The van der Waals surface area contributed by atoms with E-state index in [0.717, 1.165) is 116 Å². The summed E-state index contributed by atoms with van der Waals surface area (Å²) in [6.45, 7) is 4.21. The number of carbonyl (C=O) groups is 2. The first-order valence-corrected chi connectivity index (χ1v) is 37.4. The number of nitrogens with zero attached hydrogens (tertiary/aromatic N) is 1. The van der Waals surface area contributed by atoms with Crippen molar-refractivity contribution in [1.29, 1.82) is 0 Å². The van der Waals surface area contributed by atoms with Crippen molar-refractivity contribution in [2.75, 3.05) is 47.5 Å². The highest BCUT2D eigenvalue weighted by molar-refractivity contribution is 7.47. The van der Waals surface area contributed by atoms with Crippen LogP contribution in [0.1, 0.15) is 296 Å². The Morgan fingerprint density at radius 1 is 0.352 bits per heavy atom. The number of rotatable bonds is 65. The largest absolute Gasteiger partial charge is 0.472 e. The number of carbonyl (C=O) groups excluding carboxylic acids is 2. The van der Waals surface area contributed by atoms with E-state index in [-0.39, 0.29) is 32.0 Å². The molecule has 0 aromatic heterocycles. The number of hydrogen-bond acceptors (Lipinski definition) is 7. The third kappa shape index (κ3) is 71.2. The molecule has 0 radical (unpaired) electrons. The van der Waals surface area contributed by atoms with Gasteiger partial charge in [0, 0.05) is 12.8 Å². The molecule has 0 fully saturated rings. The maximum Gasteiger partial charge on any atom is 0.472 e. The molecule has 0 saturated carbocycles. The Bertz CT molecular complexity index is 1950. The third-order valence-corrected chi connectivity index (χ3v) is 16.2. The molecule has 0 spiro atoms. The number of unbranched alkanes of at least 4 members (excludes halogenated alkanes) is 29. The molecule has 0 aromatic rings. The van der Waals surface area contributed by atoms with Crippen molar-refractivity contribution in [3.8, 4) is 0 Å². The molecule has 504 valence electrons. The molecule has 0 heterocycles. The van der Waals surface area contributed by atoms with Gasteiger partial charge in [-0.1, -0.05) is 308 Å². The Labute approximate surface area is 542 Å². The highest BCUT2D eigenvalue weighted by Gasteiger charge is 2.27. The molecule has 2 atom stereocenters. The molecular weight excluding hydrogens is 1110 g/mol. The van der Waals surface area contributed by atoms with Crippen LogP contribution in [0.4, 0.5) is 0 Å². The van der Waals surface area contributed by atoms with Gasteiger partial charge in [-0.25, -0.2) is 4.57 Å². The van der Waals surface area contributed by atoms with Gasteiger partial charge in [0.05, 0.1) is 27.7 Å². The highest BCUT2D eigenvalue weighted by atomic mass is 31.2. The minimum absolute atomic E-state index is 0.0253. The number of phosphoric acid groups is 1. The molecule has 0 aliphatic heterocycles. The Hall–Kier alpha value is -3.85. The summed E-state index contributed by atoms with van der Waals surface area (Å²) < 4.78 is 34.7. The highest BCUT2D eigenvalue weighted by Crippen LogP contribution is 2.43. The van der Waals surface area contributed by atoms with Gasteiger partial charge in [0.2, 0.25) is 0 Å². The monoisotopic (exact) mass is 1240 g/mol. The SMILES string of the molecule is CC/C=C\C/C=C\C/C=C\C/C=C\C/C=C\C/C=C\CCCCCCCCCCC(=O)OC(COC(=O)CCCCCCCCCCCCCCCCCCCCCCC/C=C\C/C=C\C/C=C\C/C=C\C/C=C\CC)COP(=O)(O)OCC[N+](C)(C)C. The second-order valence-electron chi connectivity index (χ2n) is 24.9. The van der Waals surface area contributed by atoms with Crippen molar-refractivity contribution in [1.82, 2.24) is 0 Å². The minimum Gasteiger partial charge on any atom is -0.462 e. The molecule has 0 bridgehead atoms. The third-order valence-electron chi connectivity index (χ3n) is 15.2. The van der Waals surface area contributed by atoms with Crippen LogP contribution in [0.15, 0.2) is 134 Å². The first-order valence-electron chi connectivity index (χ1n) is 35.9. The van der Waals surface area contributed by atoms with Crippen LogP contribution in [0.25, 0.3) is 0 Å². The topological polar surface area (TPSA) is 108 Å². The Morgan fingerprint density at radius 2 is 0.614 bits per heavy atom. The summed E-state index contributed by atoms with van der Waals surface area (Å²) in [6, 6.07) is 0. The lowest BCUT2D eigenvalue weighted by atomic mass is 10.0. The lowest BCUT2D eigenvalue weighted by molar-refractivity contribution is -0.870. The van der Waals surface area contributed by atoms with E-state index in [1.165, 1.54) is 148 Å². The number of esters is 2. The second-order valence-corrected chi connectivity index (χ2v) is 26.3. The van der Waals surface area contributed by atoms with Gasteiger partial charge in [-0.15, -0.1) is 0 Å². The van der Waals surface area contributed by atoms with E-state index >= 15 is 0 Å². The molecule has 0 aromatic carbocycles. The first kappa shape index (κ1) is 84.2. The Kier molecular flexibility index (Phi) is 64.6. The van der Waals surface area contributed by atoms with Gasteiger partial charge in [0.15, 0.2) is 6.10 Å². The molecule has 2 unspecified atom stereocenters. The average Bonchev–Trinajstić information content (AvgIpc) is 3.60. The molecule has 10 heteroatoms. The average molecular weight is 1250 g/mol. The Morgan fingerprint density at radius 3 is 0.909 bits per heavy atom. The van der Waals surface area contributed by atoms with Crippen molar-refractivity contribution in [2.45, 2.75) is 302 Å². The van der Waals surface area contributed by atoms with Crippen LogP contribution in [-0.4, -0.2) is 74.9 Å². The molecule has 1 N–H and O–H groups in total. The van der Waals surface area contributed by atoms with Gasteiger partial charge in [0.1, 0.15) is 19.8 Å². The van der Waals surface area contributed by atoms with Crippen molar-refractivity contribution in [3.05, 3.63) is 134 Å². The Balaban J connectivity index is 4.02. The minimum atomic E-state index is -4.40. The lowest BCUT2D eigenvalue weighted by Crippen LogP contribution is -2.37. The second kappa shape index (κ2) is 67.5. The zero-order chi connectivity index (χ0) is 64.1. The number of allylic oxidation sites excluding steroid dienone is 22. The van der Waals surface area contributed by atoms with Crippen molar-refractivity contribution < 1.29 is 42.1 Å². The molecule has 0 amide bonds. The molecular formula is C78H135NO8P+. The van der Waals surface area contributed by atoms with Crippen LogP contribution < -0.4 is 0 Å². The van der Waals surface area contributed by atoms with Crippen LogP contribution in [0.3, 0.4) is 0 Å². The fourth-order valence-electron chi connectivity index (χ4n) is 9.75. The number of ether oxygens (including phenoxy) is 2. The maximum absolute atomic E-state index is 12.9. The van der Waals surface area contributed by atoms with E-state index in [9.17, 15) is 19.0 Å². The van der Waals surface area contributed by atoms with Gasteiger partial charge in [0.25, 0.3) is 0 Å². The normalized spacial score (nSPS) is 13.9. The lowest BCUT2D eigenvalue weighted by Gasteiger charge is -2.24. The summed E-state index contributed by atoms with van der Waals surface area (Å²) in [5.41, 5.74) is 0. The van der Waals surface area contributed by atoms with Crippen molar-refractivity contribution in [3.63, 3.8) is 0 Å². The van der Waals surface area contributed by atoms with Crippen LogP contribution in [0, 0.1) is 0 Å². The predicted molar refractivity (Wildman–Crippen MR) is 381 cm³/mol. The van der Waals surface area contributed by atoms with E-state index in [1.807, 2.05) is 21.1 Å². The zero-order valence-electron chi connectivity index (χ0n) is 57.4.